The number of carbonyl (C=O) groups is 1. The lowest BCUT2D eigenvalue weighted by atomic mass is 10.1. The molecular weight excluding hydrogens is 264 g/mol. The third-order valence-electron chi connectivity index (χ3n) is 1.85. The molecule has 4 heteroatoms. The van der Waals surface area contributed by atoms with Gasteiger partial charge in [-0.3, -0.25) is 4.79 Å². The van der Waals surface area contributed by atoms with Gasteiger partial charge in [0.2, 0.25) is 0 Å². The predicted molar refractivity (Wildman–Crippen MR) is 62.6 cm³/mol. The molecule has 0 aliphatic heterocycles. The minimum atomic E-state index is -0.314. The number of thiol groups is 1. The molecule has 0 fully saturated rings. The lowest BCUT2D eigenvalue weighted by molar-refractivity contribution is -0.116. The van der Waals surface area contributed by atoms with Crippen LogP contribution in [0.5, 0.6) is 5.75 Å². The summed E-state index contributed by atoms with van der Waals surface area (Å²) in [5.74, 6) is 0.727. The van der Waals surface area contributed by atoms with Gasteiger partial charge in [0.1, 0.15) is 16.4 Å². The molecule has 1 aromatic rings. The summed E-state index contributed by atoms with van der Waals surface area (Å²) in [5, 5.41) is 0. The summed E-state index contributed by atoms with van der Waals surface area (Å²) in [6.45, 7) is 1.54. The van der Waals surface area contributed by atoms with Crippen molar-refractivity contribution in [2.75, 3.05) is 7.11 Å². The van der Waals surface area contributed by atoms with E-state index in [1.54, 1.807) is 13.2 Å². The van der Waals surface area contributed by atoms with Crippen molar-refractivity contribution < 1.29 is 9.53 Å². The smallest absolute Gasteiger partial charge is 0.147 e. The van der Waals surface area contributed by atoms with Crippen LogP contribution in [0.25, 0.3) is 0 Å². The Morgan fingerprint density at radius 3 is 2.71 bits per heavy atom. The molecule has 0 aliphatic rings. The van der Waals surface area contributed by atoms with Crippen molar-refractivity contribution in [3.05, 3.63) is 23.8 Å². The number of methoxy groups -OCH3 is 1. The zero-order valence-electron chi connectivity index (χ0n) is 7.95. The van der Waals surface area contributed by atoms with E-state index in [-0.39, 0.29) is 10.6 Å². The number of halogens is 1. The van der Waals surface area contributed by atoms with Crippen LogP contribution in [0.1, 0.15) is 17.3 Å². The first-order valence-electron chi connectivity index (χ1n) is 4.07. The van der Waals surface area contributed by atoms with Gasteiger partial charge in [0.15, 0.2) is 0 Å². The average Bonchev–Trinajstić information content (AvgIpc) is 2.16. The maximum Gasteiger partial charge on any atom is 0.147 e. The Bertz CT molecular complexity index is 352. The molecular formula is C10H11BrO2S. The molecule has 0 bridgehead atoms. The maximum atomic E-state index is 11.2. The molecule has 0 radical (unpaired) electrons. The van der Waals surface area contributed by atoms with Gasteiger partial charge >= 0.3 is 0 Å². The van der Waals surface area contributed by atoms with Crippen molar-refractivity contribution in [1.82, 2.24) is 0 Å². The Morgan fingerprint density at radius 2 is 2.21 bits per heavy atom. The van der Waals surface area contributed by atoms with E-state index in [1.807, 2.05) is 12.1 Å². The van der Waals surface area contributed by atoms with Gasteiger partial charge in [0, 0.05) is 10.5 Å². The molecule has 1 unspecified atom stereocenters. The van der Waals surface area contributed by atoms with E-state index in [0.29, 0.717) is 5.75 Å². The van der Waals surface area contributed by atoms with Crippen LogP contribution in [-0.4, -0.2) is 12.9 Å². The number of alkyl halides is 1. The summed E-state index contributed by atoms with van der Waals surface area (Å²) < 4.78 is 5.17. The molecule has 1 aromatic carbocycles. The average molecular weight is 275 g/mol. The molecule has 1 rings (SSSR count). The van der Waals surface area contributed by atoms with E-state index in [4.69, 9.17) is 4.74 Å². The van der Waals surface area contributed by atoms with Gasteiger partial charge in [-0.25, -0.2) is 0 Å². The summed E-state index contributed by atoms with van der Waals surface area (Å²) in [4.78, 5) is 11.7. The summed E-state index contributed by atoms with van der Waals surface area (Å²) in [7, 11) is 1.58. The third-order valence-corrected chi connectivity index (χ3v) is 3.26. The molecule has 2 nitrogen and oxygen atoms in total. The number of hydrogen-bond acceptors (Lipinski definition) is 3. The van der Waals surface area contributed by atoms with E-state index in [0.717, 1.165) is 10.5 Å². The lowest BCUT2D eigenvalue weighted by Gasteiger charge is -2.12. The highest BCUT2D eigenvalue weighted by Gasteiger charge is 2.16. The zero-order valence-corrected chi connectivity index (χ0v) is 10.4. The first-order valence-corrected chi connectivity index (χ1v) is 5.44. The summed E-state index contributed by atoms with van der Waals surface area (Å²) >= 11 is 7.51. The van der Waals surface area contributed by atoms with Crippen LogP contribution in [0.2, 0.25) is 0 Å². The Kier molecular flexibility index (Phi) is 4.01. The second kappa shape index (κ2) is 4.84. The van der Waals surface area contributed by atoms with Crippen molar-refractivity contribution in [3.8, 4) is 5.75 Å². The van der Waals surface area contributed by atoms with E-state index in [1.165, 1.54) is 6.92 Å². The van der Waals surface area contributed by atoms with Gasteiger partial charge in [0.25, 0.3) is 0 Å². The first kappa shape index (κ1) is 11.6. The van der Waals surface area contributed by atoms with Gasteiger partial charge in [-0.05, 0) is 19.1 Å². The van der Waals surface area contributed by atoms with Crippen LogP contribution >= 0.6 is 28.6 Å². The second-order valence-corrected chi connectivity index (χ2v) is 4.33. The van der Waals surface area contributed by atoms with Crippen molar-refractivity contribution in [2.24, 2.45) is 0 Å². The summed E-state index contributed by atoms with van der Waals surface area (Å²) in [5.41, 5.74) is 0.831. The molecule has 0 aromatic heterocycles. The highest BCUT2D eigenvalue weighted by atomic mass is 79.9. The number of ketones is 1. The van der Waals surface area contributed by atoms with E-state index < -0.39 is 0 Å². The van der Waals surface area contributed by atoms with Crippen molar-refractivity contribution in [1.29, 1.82) is 0 Å². The quantitative estimate of drug-likeness (QED) is 0.678. The Balaban J connectivity index is 3.13. The summed E-state index contributed by atoms with van der Waals surface area (Å²) in [6, 6.07) is 5.45. The highest BCUT2D eigenvalue weighted by Crippen LogP contribution is 2.33. The fraction of sp³-hybridized carbons (Fsp3) is 0.300. The Labute approximate surface area is 97.2 Å². The Hall–Kier alpha value is -0.480. The number of rotatable bonds is 3. The Morgan fingerprint density at radius 1 is 1.57 bits per heavy atom. The molecule has 0 spiro atoms. The van der Waals surface area contributed by atoms with Crippen LogP contribution < -0.4 is 4.74 Å². The highest BCUT2D eigenvalue weighted by molar-refractivity contribution is 9.09. The van der Waals surface area contributed by atoms with E-state index in [9.17, 15) is 4.79 Å². The molecule has 0 heterocycles. The van der Waals surface area contributed by atoms with Crippen LogP contribution in [0.3, 0.4) is 0 Å². The predicted octanol–water partition coefficient (Wildman–Crippen LogP) is 3.01. The van der Waals surface area contributed by atoms with Gasteiger partial charge in [-0.2, -0.15) is 0 Å². The van der Waals surface area contributed by atoms with Crippen LogP contribution in [0.4, 0.5) is 0 Å². The van der Waals surface area contributed by atoms with Crippen LogP contribution in [-0.2, 0) is 4.79 Å². The fourth-order valence-electron chi connectivity index (χ4n) is 1.13. The normalized spacial score (nSPS) is 12.3. The van der Waals surface area contributed by atoms with Gasteiger partial charge in [-0.15, -0.1) is 12.6 Å². The SMILES string of the molecule is COc1cc(S)ccc1C(Br)C(C)=O. The largest absolute Gasteiger partial charge is 0.496 e. The minimum Gasteiger partial charge on any atom is -0.496 e. The molecule has 0 amide bonds. The summed E-state index contributed by atoms with van der Waals surface area (Å²) in [6.07, 6.45) is 0. The maximum absolute atomic E-state index is 11.2. The lowest BCUT2D eigenvalue weighted by Crippen LogP contribution is -2.03. The molecule has 1 atom stereocenters. The minimum absolute atomic E-state index is 0.0511. The van der Waals surface area contributed by atoms with Gasteiger partial charge in [-0.1, -0.05) is 22.0 Å². The molecule has 14 heavy (non-hydrogen) atoms. The van der Waals surface area contributed by atoms with Crippen molar-refractivity contribution in [3.63, 3.8) is 0 Å². The third kappa shape index (κ3) is 2.51. The monoisotopic (exact) mass is 274 g/mol. The number of benzene rings is 1. The molecule has 0 aliphatic carbocycles. The molecule has 0 saturated heterocycles. The number of ether oxygens (including phenoxy) is 1. The van der Waals surface area contributed by atoms with Gasteiger partial charge < -0.3 is 4.74 Å². The number of hydrogen-bond donors (Lipinski definition) is 1. The zero-order chi connectivity index (χ0) is 10.7. The topological polar surface area (TPSA) is 26.3 Å². The van der Waals surface area contributed by atoms with E-state index in [2.05, 4.69) is 28.6 Å². The van der Waals surface area contributed by atoms with Crippen molar-refractivity contribution >= 4 is 34.3 Å². The molecule has 0 N–H and O–H groups in total. The number of carbonyl (C=O) groups excluding carboxylic acids is 1. The van der Waals surface area contributed by atoms with Crippen LogP contribution in [0, 0.1) is 0 Å². The first-order chi connectivity index (χ1) is 6.56. The van der Waals surface area contributed by atoms with Crippen LogP contribution in [0.15, 0.2) is 23.1 Å². The standard InChI is InChI=1S/C10H11BrO2S/c1-6(12)10(11)8-4-3-7(14)5-9(8)13-2/h3-5,10,14H,1-2H3. The van der Waals surface area contributed by atoms with E-state index >= 15 is 0 Å². The van der Waals surface area contributed by atoms with Gasteiger partial charge in [0.05, 0.1) is 7.11 Å². The molecule has 76 valence electrons. The van der Waals surface area contributed by atoms with Crippen molar-refractivity contribution in [2.45, 2.75) is 16.6 Å². The number of Topliss-reactive ketones (excluding diaryl/α,β-unsaturated/α-hetero) is 1. The molecule has 0 saturated carbocycles. The fourth-order valence-corrected chi connectivity index (χ4v) is 1.70. The second-order valence-electron chi connectivity index (χ2n) is 2.90.